The molecule has 0 aromatic rings. The molecule has 7 nitrogen and oxygen atoms in total. The molecular weight excluding hydrogens is 430 g/mol. The zero-order chi connectivity index (χ0) is 25.8. The lowest BCUT2D eigenvalue weighted by Crippen LogP contribution is -2.61. The van der Waals surface area contributed by atoms with Crippen LogP contribution in [0.1, 0.15) is 87.0 Å². The standard InChI is InChI=1S/C27H47N3O4/c1-17(2)22(16-18(3)26(33)34)29(8)25(32)23(27(5,6)7)28-24(31)21-14-9-10-15-30(21)19(4)20-12-11-13-20/h16-17,19-23H,9-15H2,1-8H3,(H,28,31)(H,33,34)/b18-16+/t19?,21-,22-,23-/m1/s1. The van der Waals surface area contributed by atoms with Gasteiger partial charge in [0.25, 0.3) is 0 Å². The maximum Gasteiger partial charge on any atom is 0.331 e. The summed E-state index contributed by atoms with van der Waals surface area (Å²) in [5.74, 6) is -0.563. The number of likely N-dealkylation sites (N-methyl/N-ethyl adjacent to an activating group) is 1. The molecule has 1 aliphatic carbocycles. The van der Waals surface area contributed by atoms with Crippen LogP contribution in [0, 0.1) is 17.3 Å². The first-order chi connectivity index (χ1) is 15.8. The monoisotopic (exact) mass is 477 g/mol. The molecule has 4 atom stereocenters. The molecule has 0 radical (unpaired) electrons. The molecule has 0 bridgehead atoms. The molecule has 0 aromatic heterocycles. The van der Waals surface area contributed by atoms with Crippen molar-refractivity contribution in [2.75, 3.05) is 13.6 Å². The average Bonchev–Trinajstić information content (AvgIpc) is 2.72. The van der Waals surface area contributed by atoms with Crippen molar-refractivity contribution in [1.82, 2.24) is 15.1 Å². The summed E-state index contributed by atoms with van der Waals surface area (Å²) in [5.41, 5.74) is -0.287. The first kappa shape index (κ1) is 28.3. The van der Waals surface area contributed by atoms with E-state index in [9.17, 15) is 19.5 Å². The van der Waals surface area contributed by atoms with Gasteiger partial charge in [0, 0.05) is 18.7 Å². The van der Waals surface area contributed by atoms with Gasteiger partial charge in [0.15, 0.2) is 0 Å². The first-order valence-electron chi connectivity index (χ1n) is 13.0. The third kappa shape index (κ3) is 6.83. The Morgan fingerprint density at radius 2 is 1.68 bits per heavy atom. The number of nitrogens with zero attached hydrogens (tertiary/aromatic N) is 2. The fraction of sp³-hybridized carbons (Fsp3) is 0.815. The molecule has 1 unspecified atom stereocenters. The molecule has 2 aliphatic rings. The van der Waals surface area contributed by atoms with Crippen molar-refractivity contribution in [2.45, 2.75) is 111 Å². The Kier molecular flexibility index (Phi) is 9.75. The second-order valence-corrected chi connectivity index (χ2v) is 11.8. The zero-order valence-corrected chi connectivity index (χ0v) is 22.6. The molecule has 1 saturated heterocycles. The number of aliphatic carboxylic acids is 1. The molecule has 2 rings (SSSR count). The van der Waals surface area contributed by atoms with Crippen LogP contribution in [0.5, 0.6) is 0 Å². The number of piperidine rings is 1. The van der Waals surface area contributed by atoms with Gasteiger partial charge in [-0.1, -0.05) is 53.5 Å². The van der Waals surface area contributed by atoms with Crippen LogP contribution in [0.4, 0.5) is 0 Å². The quantitative estimate of drug-likeness (QED) is 0.489. The van der Waals surface area contributed by atoms with Gasteiger partial charge in [-0.05, 0) is 63.3 Å². The number of nitrogens with one attached hydrogen (secondary N) is 1. The second kappa shape index (κ2) is 11.7. The molecule has 2 N–H and O–H groups in total. The van der Waals surface area contributed by atoms with Crippen LogP contribution >= 0.6 is 0 Å². The second-order valence-electron chi connectivity index (χ2n) is 11.8. The molecule has 34 heavy (non-hydrogen) atoms. The SMILES string of the molecule is C/C(=C\[C@H](C(C)C)N(C)C(=O)[C@@H](NC(=O)[C@H]1CCCCN1C(C)C1CCC1)C(C)(C)C)C(=O)O. The van der Waals surface area contributed by atoms with Crippen molar-refractivity contribution < 1.29 is 19.5 Å². The van der Waals surface area contributed by atoms with Crippen molar-refractivity contribution >= 4 is 17.8 Å². The summed E-state index contributed by atoms with van der Waals surface area (Å²) < 4.78 is 0. The number of likely N-dealkylation sites (tertiary alicyclic amines) is 1. The van der Waals surface area contributed by atoms with Gasteiger partial charge in [-0.15, -0.1) is 0 Å². The highest BCUT2D eigenvalue weighted by molar-refractivity contribution is 5.91. The number of hydrogen-bond donors (Lipinski definition) is 2. The van der Waals surface area contributed by atoms with E-state index in [0.717, 1.165) is 25.8 Å². The summed E-state index contributed by atoms with van der Waals surface area (Å²) in [7, 11) is 1.70. The molecule has 1 aliphatic heterocycles. The van der Waals surface area contributed by atoms with Gasteiger partial charge in [0.1, 0.15) is 6.04 Å². The normalized spacial score (nSPS) is 23.1. The summed E-state index contributed by atoms with van der Waals surface area (Å²) in [5, 5.41) is 12.5. The van der Waals surface area contributed by atoms with Gasteiger partial charge in [-0.3, -0.25) is 14.5 Å². The van der Waals surface area contributed by atoms with Gasteiger partial charge in [-0.25, -0.2) is 4.79 Å². The summed E-state index contributed by atoms with van der Waals surface area (Å²) in [4.78, 5) is 42.6. The van der Waals surface area contributed by atoms with Crippen molar-refractivity contribution in [2.24, 2.45) is 17.3 Å². The highest BCUT2D eigenvalue weighted by Crippen LogP contribution is 2.35. The van der Waals surface area contributed by atoms with E-state index in [0.29, 0.717) is 12.0 Å². The highest BCUT2D eigenvalue weighted by atomic mass is 16.4. The van der Waals surface area contributed by atoms with E-state index >= 15 is 0 Å². The maximum atomic E-state index is 13.7. The average molecular weight is 478 g/mol. The van der Waals surface area contributed by atoms with Gasteiger partial charge in [0.2, 0.25) is 11.8 Å². The number of hydrogen-bond acceptors (Lipinski definition) is 4. The van der Waals surface area contributed by atoms with E-state index in [1.807, 2.05) is 34.6 Å². The van der Waals surface area contributed by atoms with E-state index < -0.39 is 17.4 Å². The third-order valence-corrected chi connectivity index (χ3v) is 7.84. The van der Waals surface area contributed by atoms with Crippen molar-refractivity contribution in [3.05, 3.63) is 11.6 Å². The number of carbonyl (C=O) groups is 3. The predicted octanol–water partition coefficient (Wildman–Crippen LogP) is 4.07. The number of carboxylic acid groups (broad SMARTS) is 1. The van der Waals surface area contributed by atoms with Crippen LogP contribution in [0.25, 0.3) is 0 Å². The largest absolute Gasteiger partial charge is 0.478 e. The smallest absolute Gasteiger partial charge is 0.331 e. The van der Waals surface area contributed by atoms with E-state index in [1.54, 1.807) is 24.9 Å². The van der Waals surface area contributed by atoms with Gasteiger partial charge >= 0.3 is 5.97 Å². The Bertz CT molecular complexity index is 766. The molecule has 2 fully saturated rings. The minimum Gasteiger partial charge on any atom is -0.478 e. The number of carbonyl (C=O) groups excluding carboxylic acids is 2. The van der Waals surface area contributed by atoms with Gasteiger partial charge < -0.3 is 15.3 Å². The van der Waals surface area contributed by atoms with Gasteiger partial charge in [0.05, 0.1) is 12.1 Å². The summed E-state index contributed by atoms with van der Waals surface area (Å²) in [6.07, 6.45) is 8.33. The van der Waals surface area contributed by atoms with Crippen LogP contribution in [0.3, 0.4) is 0 Å². The van der Waals surface area contributed by atoms with Crippen LogP contribution in [0.15, 0.2) is 11.6 Å². The highest BCUT2D eigenvalue weighted by Gasteiger charge is 2.41. The van der Waals surface area contributed by atoms with E-state index in [-0.39, 0.29) is 35.4 Å². The van der Waals surface area contributed by atoms with Crippen LogP contribution in [0.2, 0.25) is 0 Å². The molecule has 7 heteroatoms. The lowest BCUT2D eigenvalue weighted by Gasteiger charge is -2.45. The Labute approximate surface area is 206 Å². The molecule has 0 spiro atoms. The Hall–Kier alpha value is -1.89. The molecular formula is C27H47N3O4. The van der Waals surface area contributed by atoms with E-state index in [1.165, 1.54) is 19.3 Å². The minimum absolute atomic E-state index is 0.0248. The first-order valence-corrected chi connectivity index (χ1v) is 13.0. The summed E-state index contributed by atoms with van der Waals surface area (Å²) in [6.45, 7) is 14.5. The fourth-order valence-electron chi connectivity index (χ4n) is 5.23. The van der Waals surface area contributed by atoms with E-state index in [2.05, 4.69) is 17.1 Å². The van der Waals surface area contributed by atoms with Crippen LogP contribution in [-0.4, -0.2) is 70.4 Å². The molecule has 1 saturated carbocycles. The minimum atomic E-state index is -0.995. The molecule has 2 amide bonds. The van der Waals surface area contributed by atoms with Crippen molar-refractivity contribution in [3.8, 4) is 0 Å². The van der Waals surface area contributed by atoms with Crippen LogP contribution in [-0.2, 0) is 14.4 Å². The summed E-state index contributed by atoms with van der Waals surface area (Å²) >= 11 is 0. The van der Waals surface area contributed by atoms with E-state index in [4.69, 9.17) is 0 Å². The fourth-order valence-corrected chi connectivity index (χ4v) is 5.23. The Balaban J connectivity index is 2.23. The van der Waals surface area contributed by atoms with Crippen molar-refractivity contribution in [3.63, 3.8) is 0 Å². The van der Waals surface area contributed by atoms with Crippen molar-refractivity contribution in [1.29, 1.82) is 0 Å². The topological polar surface area (TPSA) is 90.0 Å². The number of carboxylic acids is 1. The number of rotatable bonds is 9. The lowest BCUT2D eigenvalue weighted by atomic mass is 9.78. The number of amides is 2. The zero-order valence-electron chi connectivity index (χ0n) is 22.6. The molecule has 1 heterocycles. The molecule has 0 aromatic carbocycles. The molecule has 194 valence electrons. The Morgan fingerprint density at radius 1 is 1.06 bits per heavy atom. The Morgan fingerprint density at radius 3 is 2.15 bits per heavy atom. The van der Waals surface area contributed by atoms with Gasteiger partial charge in [-0.2, -0.15) is 0 Å². The lowest BCUT2D eigenvalue weighted by molar-refractivity contribution is -0.142. The van der Waals surface area contributed by atoms with Crippen LogP contribution < -0.4 is 5.32 Å². The maximum absolute atomic E-state index is 13.7. The third-order valence-electron chi connectivity index (χ3n) is 7.84. The summed E-state index contributed by atoms with van der Waals surface area (Å²) in [6, 6.07) is -0.907. The predicted molar refractivity (Wildman–Crippen MR) is 135 cm³/mol.